The van der Waals surface area contributed by atoms with E-state index in [0.29, 0.717) is 5.92 Å². The Kier molecular flexibility index (Phi) is 4.14. The summed E-state index contributed by atoms with van der Waals surface area (Å²) in [6.07, 6.45) is 6.45. The van der Waals surface area contributed by atoms with E-state index in [2.05, 4.69) is 55.6 Å². The molecule has 0 bridgehead atoms. The van der Waals surface area contributed by atoms with Gasteiger partial charge in [-0.1, -0.05) is 49.6 Å². The van der Waals surface area contributed by atoms with Gasteiger partial charge in [-0.25, -0.2) is 0 Å². The Labute approximate surface area is 128 Å². The largest absolute Gasteiger partial charge is 0.278 e. The fourth-order valence-corrected chi connectivity index (χ4v) is 3.59. The lowest BCUT2D eigenvalue weighted by atomic mass is 9.78. The van der Waals surface area contributed by atoms with Crippen LogP contribution in [0.3, 0.4) is 0 Å². The van der Waals surface area contributed by atoms with Gasteiger partial charge in [0.15, 0.2) is 0 Å². The molecule has 1 heterocycles. The van der Waals surface area contributed by atoms with Crippen LogP contribution >= 0.6 is 0 Å². The van der Waals surface area contributed by atoms with Gasteiger partial charge in [0.25, 0.3) is 0 Å². The number of hydrogen-bond acceptors (Lipinski definition) is 2. The quantitative estimate of drug-likeness (QED) is 0.778. The van der Waals surface area contributed by atoms with Gasteiger partial charge in [0.2, 0.25) is 0 Å². The van der Waals surface area contributed by atoms with E-state index in [1.54, 1.807) is 5.57 Å². The molecule has 21 heavy (non-hydrogen) atoms. The van der Waals surface area contributed by atoms with Crippen molar-refractivity contribution in [2.75, 3.05) is 0 Å². The molecule has 2 unspecified atom stereocenters. The van der Waals surface area contributed by atoms with E-state index in [-0.39, 0.29) is 0 Å². The molecule has 1 saturated carbocycles. The molecule has 2 atom stereocenters. The predicted octanol–water partition coefficient (Wildman–Crippen LogP) is 4.90. The molecule has 0 saturated heterocycles. The number of nitrogens with one attached hydrogen (secondary N) is 1. The Morgan fingerprint density at radius 3 is 2.57 bits per heavy atom. The second-order valence-corrected chi connectivity index (χ2v) is 6.76. The standard InChI is InChI=1S/C19H26N2/c1-13-5-4-6-17-15(3)20-21-19(18(17)12-9-13)16-10-7-14(2)8-11-16/h7-8,10-11,13,17,21H,4-6,9,12H2,1-3H3. The van der Waals surface area contributed by atoms with Gasteiger partial charge >= 0.3 is 0 Å². The van der Waals surface area contributed by atoms with Crippen LogP contribution in [0.2, 0.25) is 0 Å². The lowest BCUT2D eigenvalue weighted by molar-refractivity contribution is 0.420. The zero-order valence-corrected chi connectivity index (χ0v) is 13.4. The van der Waals surface area contributed by atoms with Gasteiger partial charge < -0.3 is 0 Å². The highest BCUT2D eigenvalue weighted by molar-refractivity contribution is 5.91. The van der Waals surface area contributed by atoms with Gasteiger partial charge in [0.1, 0.15) is 0 Å². The van der Waals surface area contributed by atoms with Crippen molar-refractivity contribution in [2.24, 2.45) is 16.9 Å². The molecule has 1 aromatic rings. The first kappa shape index (κ1) is 14.4. The summed E-state index contributed by atoms with van der Waals surface area (Å²) in [7, 11) is 0. The summed E-state index contributed by atoms with van der Waals surface area (Å²) >= 11 is 0. The molecule has 1 aliphatic heterocycles. The molecular formula is C19H26N2. The lowest BCUT2D eigenvalue weighted by Crippen LogP contribution is -2.27. The van der Waals surface area contributed by atoms with E-state index in [0.717, 1.165) is 5.92 Å². The topological polar surface area (TPSA) is 24.4 Å². The van der Waals surface area contributed by atoms with E-state index in [9.17, 15) is 0 Å². The predicted molar refractivity (Wildman–Crippen MR) is 90.1 cm³/mol. The Morgan fingerprint density at radius 2 is 1.81 bits per heavy atom. The summed E-state index contributed by atoms with van der Waals surface area (Å²) in [6.45, 7) is 6.71. The molecule has 0 radical (unpaired) electrons. The third-order valence-corrected chi connectivity index (χ3v) is 5.03. The number of rotatable bonds is 1. The van der Waals surface area contributed by atoms with Crippen LogP contribution in [0.25, 0.3) is 5.70 Å². The number of aryl methyl sites for hydroxylation is 1. The van der Waals surface area contributed by atoms with Gasteiger partial charge in [0, 0.05) is 11.6 Å². The summed E-state index contributed by atoms with van der Waals surface area (Å²) in [4.78, 5) is 0. The van der Waals surface area contributed by atoms with Crippen LogP contribution in [0.5, 0.6) is 0 Å². The van der Waals surface area contributed by atoms with Crippen molar-refractivity contribution < 1.29 is 0 Å². The second-order valence-electron chi connectivity index (χ2n) is 6.76. The molecule has 2 aliphatic rings. The van der Waals surface area contributed by atoms with Gasteiger partial charge in [-0.15, -0.1) is 0 Å². The normalized spacial score (nSPS) is 26.3. The minimum absolute atomic E-state index is 0.551. The van der Waals surface area contributed by atoms with E-state index in [1.165, 1.54) is 54.6 Å². The molecule has 1 aliphatic carbocycles. The minimum Gasteiger partial charge on any atom is -0.278 e. The summed E-state index contributed by atoms with van der Waals surface area (Å²) in [5.41, 5.74) is 10.0. The maximum Gasteiger partial charge on any atom is 0.0632 e. The fraction of sp³-hybridized carbons (Fsp3) is 0.526. The lowest BCUT2D eigenvalue weighted by Gasteiger charge is -2.31. The van der Waals surface area contributed by atoms with Crippen molar-refractivity contribution in [1.29, 1.82) is 0 Å². The Morgan fingerprint density at radius 1 is 1.05 bits per heavy atom. The second kappa shape index (κ2) is 6.05. The molecule has 1 fully saturated rings. The van der Waals surface area contributed by atoms with Crippen LogP contribution in [0, 0.1) is 18.8 Å². The fourth-order valence-electron chi connectivity index (χ4n) is 3.59. The van der Waals surface area contributed by atoms with Crippen molar-refractivity contribution in [3.63, 3.8) is 0 Å². The molecule has 2 nitrogen and oxygen atoms in total. The van der Waals surface area contributed by atoms with Gasteiger partial charge in [-0.3, -0.25) is 5.43 Å². The average molecular weight is 282 g/mol. The molecule has 0 aromatic heterocycles. The van der Waals surface area contributed by atoms with Crippen LogP contribution in [-0.4, -0.2) is 5.71 Å². The molecule has 112 valence electrons. The molecule has 2 heteroatoms. The molecule has 1 aromatic carbocycles. The number of allylic oxidation sites excluding steroid dienone is 1. The zero-order valence-electron chi connectivity index (χ0n) is 13.4. The maximum absolute atomic E-state index is 4.59. The molecule has 1 N–H and O–H groups in total. The van der Waals surface area contributed by atoms with Crippen molar-refractivity contribution in [1.82, 2.24) is 5.43 Å². The van der Waals surface area contributed by atoms with E-state index < -0.39 is 0 Å². The summed E-state index contributed by atoms with van der Waals surface area (Å²) in [5, 5.41) is 4.59. The van der Waals surface area contributed by atoms with Gasteiger partial charge in [-0.05, 0) is 50.2 Å². The molecular weight excluding hydrogens is 256 g/mol. The molecule has 0 amide bonds. The van der Waals surface area contributed by atoms with Crippen LogP contribution < -0.4 is 5.43 Å². The van der Waals surface area contributed by atoms with Gasteiger partial charge in [-0.2, -0.15) is 5.10 Å². The number of fused-ring (bicyclic) bond motifs is 1. The first-order chi connectivity index (χ1) is 10.1. The smallest absolute Gasteiger partial charge is 0.0632 e. The Hall–Kier alpha value is -1.57. The molecule has 0 spiro atoms. The van der Waals surface area contributed by atoms with Crippen molar-refractivity contribution >= 4 is 11.4 Å². The number of hydrazone groups is 1. The van der Waals surface area contributed by atoms with E-state index in [1.807, 2.05) is 0 Å². The highest BCUT2D eigenvalue weighted by Crippen LogP contribution is 2.36. The minimum atomic E-state index is 0.551. The van der Waals surface area contributed by atoms with Crippen LogP contribution in [0.15, 0.2) is 34.9 Å². The zero-order chi connectivity index (χ0) is 14.8. The van der Waals surface area contributed by atoms with Crippen LogP contribution in [0.4, 0.5) is 0 Å². The average Bonchev–Trinajstić information content (AvgIpc) is 2.46. The highest BCUT2D eigenvalue weighted by atomic mass is 15.3. The summed E-state index contributed by atoms with van der Waals surface area (Å²) < 4.78 is 0. The SMILES string of the molecule is CC1=NNC(c2ccc(C)cc2)=C2CCC(C)CCCC12. The first-order valence-electron chi connectivity index (χ1n) is 8.25. The van der Waals surface area contributed by atoms with Crippen LogP contribution in [0.1, 0.15) is 57.1 Å². The third kappa shape index (κ3) is 3.04. The summed E-state index contributed by atoms with van der Waals surface area (Å²) in [5.74, 6) is 1.40. The van der Waals surface area contributed by atoms with Gasteiger partial charge in [0.05, 0.1) is 5.70 Å². The molecule has 3 rings (SSSR count). The van der Waals surface area contributed by atoms with E-state index >= 15 is 0 Å². The van der Waals surface area contributed by atoms with Crippen LogP contribution in [-0.2, 0) is 0 Å². The Bertz CT molecular complexity index is 566. The number of nitrogens with zero attached hydrogens (tertiary/aromatic N) is 1. The maximum atomic E-state index is 4.59. The number of benzene rings is 1. The highest BCUT2D eigenvalue weighted by Gasteiger charge is 2.27. The van der Waals surface area contributed by atoms with Crippen molar-refractivity contribution in [2.45, 2.75) is 52.9 Å². The third-order valence-electron chi connectivity index (χ3n) is 5.03. The number of hydrogen-bond donors (Lipinski definition) is 1. The first-order valence-corrected chi connectivity index (χ1v) is 8.25. The van der Waals surface area contributed by atoms with Crippen molar-refractivity contribution in [3.8, 4) is 0 Å². The summed E-state index contributed by atoms with van der Waals surface area (Å²) in [6, 6.07) is 8.83. The van der Waals surface area contributed by atoms with Crippen molar-refractivity contribution in [3.05, 3.63) is 41.0 Å². The monoisotopic (exact) mass is 282 g/mol. The van der Waals surface area contributed by atoms with E-state index in [4.69, 9.17) is 0 Å². The Balaban J connectivity index is 1.98.